The van der Waals surface area contributed by atoms with E-state index in [9.17, 15) is 0 Å². The van der Waals surface area contributed by atoms with Crippen molar-refractivity contribution in [3.63, 3.8) is 0 Å². The predicted octanol–water partition coefficient (Wildman–Crippen LogP) is 2.60. The van der Waals surface area contributed by atoms with Crippen LogP contribution in [0.15, 0.2) is 12.1 Å². The van der Waals surface area contributed by atoms with Crippen LogP contribution in [0.2, 0.25) is 0 Å². The molecule has 1 aliphatic rings. The molecule has 0 aromatic heterocycles. The van der Waals surface area contributed by atoms with E-state index in [-0.39, 0.29) is 6.04 Å². The largest absolute Gasteiger partial charge is 0.226 e. The Hall–Kier alpha value is -1.04. The molecule has 1 aromatic carbocycles. The van der Waals surface area contributed by atoms with E-state index in [1.807, 2.05) is 19.1 Å². The van der Waals surface area contributed by atoms with Crippen LogP contribution in [0.4, 0.5) is 0 Å². The molecule has 0 saturated heterocycles. The standard InChI is InChI=1S/C11H11ClN2/c1-7-8(6-13)2-3-10-9(7)4-5-11(10)14-12/h2-3,11,14H,4-5H2,1H3/t11-/m0/s1. The van der Waals surface area contributed by atoms with Crippen molar-refractivity contribution < 1.29 is 0 Å². The van der Waals surface area contributed by atoms with E-state index in [0.717, 1.165) is 24.0 Å². The third kappa shape index (κ3) is 1.30. The molecule has 0 unspecified atom stereocenters. The Kier molecular flexibility index (Phi) is 2.45. The second-order valence-corrected chi connectivity index (χ2v) is 3.84. The molecule has 14 heavy (non-hydrogen) atoms. The van der Waals surface area contributed by atoms with Crippen LogP contribution < -0.4 is 4.84 Å². The molecule has 2 rings (SSSR count). The van der Waals surface area contributed by atoms with Gasteiger partial charge in [0.05, 0.1) is 11.6 Å². The number of nitrogens with one attached hydrogen (secondary N) is 1. The first-order valence-corrected chi connectivity index (χ1v) is 5.04. The molecule has 0 spiro atoms. The van der Waals surface area contributed by atoms with Crippen LogP contribution in [0.3, 0.4) is 0 Å². The van der Waals surface area contributed by atoms with E-state index in [4.69, 9.17) is 17.0 Å². The minimum absolute atomic E-state index is 0.248. The van der Waals surface area contributed by atoms with E-state index in [2.05, 4.69) is 10.9 Å². The number of fused-ring (bicyclic) bond motifs is 1. The summed E-state index contributed by atoms with van der Waals surface area (Å²) in [6.07, 6.45) is 2.04. The van der Waals surface area contributed by atoms with Gasteiger partial charge in [0.1, 0.15) is 0 Å². The molecule has 2 nitrogen and oxygen atoms in total. The van der Waals surface area contributed by atoms with E-state index in [0.29, 0.717) is 0 Å². The van der Waals surface area contributed by atoms with Gasteiger partial charge in [-0.2, -0.15) is 5.26 Å². The Bertz CT molecular complexity index is 406. The Morgan fingerprint density at radius 3 is 3.00 bits per heavy atom. The highest BCUT2D eigenvalue weighted by Gasteiger charge is 2.23. The summed E-state index contributed by atoms with van der Waals surface area (Å²) in [6.45, 7) is 2.01. The van der Waals surface area contributed by atoms with E-state index in [1.165, 1.54) is 11.1 Å². The fourth-order valence-electron chi connectivity index (χ4n) is 2.11. The van der Waals surface area contributed by atoms with Gasteiger partial charge in [-0.3, -0.25) is 0 Å². The molecule has 3 heteroatoms. The van der Waals surface area contributed by atoms with Crippen LogP contribution in [-0.2, 0) is 6.42 Å². The number of hydrogen-bond acceptors (Lipinski definition) is 2. The third-order valence-electron chi connectivity index (χ3n) is 2.95. The van der Waals surface area contributed by atoms with Crippen molar-refractivity contribution in [2.75, 3.05) is 0 Å². The summed E-state index contributed by atoms with van der Waals surface area (Å²) in [5.41, 5.74) is 4.43. The van der Waals surface area contributed by atoms with Gasteiger partial charge in [-0.15, -0.1) is 0 Å². The maximum Gasteiger partial charge on any atom is 0.0994 e. The summed E-state index contributed by atoms with van der Waals surface area (Å²) in [5, 5.41) is 8.88. The molecule has 1 aromatic rings. The number of benzene rings is 1. The van der Waals surface area contributed by atoms with Gasteiger partial charge in [0.25, 0.3) is 0 Å². The molecule has 1 N–H and O–H groups in total. The van der Waals surface area contributed by atoms with Gasteiger partial charge in [-0.05, 0) is 54.3 Å². The van der Waals surface area contributed by atoms with Crippen molar-refractivity contribution >= 4 is 11.8 Å². The summed E-state index contributed by atoms with van der Waals surface area (Å²) >= 11 is 5.65. The Morgan fingerprint density at radius 2 is 2.36 bits per heavy atom. The van der Waals surface area contributed by atoms with Gasteiger partial charge >= 0.3 is 0 Å². The predicted molar refractivity (Wildman–Crippen MR) is 55.9 cm³/mol. The summed E-state index contributed by atoms with van der Waals surface area (Å²) in [4.78, 5) is 2.77. The summed E-state index contributed by atoms with van der Waals surface area (Å²) < 4.78 is 0. The zero-order chi connectivity index (χ0) is 10.1. The maximum atomic E-state index is 8.88. The first kappa shape index (κ1) is 9.51. The fourth-order valence-corrected chi connectivity index (χ4v) is 2.34. The minimum Gasteiger partial charge on any atom is -0.226 e. The van der Waals surface area contributed by atoms with Crippen LogP contribution in [0.1, 0.15) is 34.7 Å². The molecule has 0 radical (unpaired) electrons. The Balaban J connectivity index is 2.53. The van der Waals surface area contributed by atoms with E-state index in [1.54, 1.807) is 0 Å². The molecular weight excluding hydrogens is 196 g/mol. The zero-order valence-corrected chi connectivity index (χ0v) is 8.73. The van der Waals surface area contributed by atoms with Crippen molar-refractivity contribution in [2.24, 2.45) is 0 Å². The molecule has 0 saturated carbocycles. The van der Waals surface area contributed by atoms with Crippen molar-refractivity contribution in [2.45, 2.75) is 25.8 Å². The first-order valence-electron chi connectivity index (χ1n) is 4.66. The highest BCUT2D eigenvalue weighted by Crippen LogP contribution is 2.34. The topological polar surface area (TPSA) is 35.8 Å². The molecule has 0 amide bonds. The van der Waals surface area contributed by atoms with Gasteiger partial charge in [0.15, 0.2) is 0 Å². The average molecular weight is 207 g/mol. The van der Waals surface area contributed by atoms with Crippen molar-refractivity contribution in [3.8, 4) is 6.07 Å². The minimum atomic E-state index is 0.248. The van der Waals surface area contributed by atoms with E-state index < -0.39 is 0 Å². The maximum absolute atomic E-state index is 8.88. The lowest BCUT2D eigenvalue weighted by Gasteiger charge is -2.09. The molecule has 1 aliphatic carbocycles. The average Bonchev–Trinajstić information content (AvgIpc) is 2.62. The monoisotopic (exact) mass is 206 g/mol. The first-order chi connectivity index (χ1) is 6.77. The van der Waals surface area contributed by atoms with Crippen molar-refractivity contribution in [1.29, 1.82) is 5.26 Å². The normalized spacial score (nSPS) is 19.1. The number of halogens is 1. The van der Waals surface area contributed by atoms with Gasteiger partial charge in [0, 0.05) is 6.04 Å². The molecule has 0 heterocycles. The smallest absolute Gasteiger partial charge is 0.0994 e. The second kappa shape index (κ2) is 3.61. The Morgan fingerprint density at radius 1 is 1.57 bits per heavy atom. The molecular formula is C11H11ClN2. The summed E-state index contributed by atoms with van der Waals surface area (Å²) in [6, 6.07) is 6.34. The highest BCUT2D eigenvalue weighted by molar-refractivity contribution is 6.13. The summed E-state index contributed by atoms with van der Waals surface area (Å²) in [5.74, 6) is 0. The van der Waals surface area contributed by atoms with Crippen LogP contribution in [-0.4, -0.2) is 0 Å². The van der Waals surface area contributed by atoms with Gasteiger partial charge in [0.2, 0.25) is 0 Å². The molecule has 1 atom stereocenters. The van der Waals surface area contributed by atoms with Gasteiger partial charge in [-0.25, -0.2) is 4.84 Å². The second-order valence-electron chi connectivity index (χ2n) is 3.62. The molecule has 72 valence electrons. The highest BCUT2D eigenvalue weighted by atomic mass is 35.5. The molecule has 0 bridgehead atoms. The zero-order valence-electron chi connectivity index (χ0n) is 7.97. The third-order valence-corrected chi connectivity index (χ3v) is 3.21. The van der Waals surface area contributed by atoms with Gasteiger partial charge in [-0.1, -0.05) is 6.07 Å². The number of nitrogens with zero attached hydrogens (tertiary/aromatic N) is 1. The van der Waals surface area contributed by atoms with Crippen LogP contribution >= 0.6 is 11.8 Å². The number of rotatable bonds is 1. The van der Waals surface area contributed by atoms with Crippen LogP contribution in [0, 0.1) is 18.3 Å². The lowest BCUT2D eigenvalue weighted by molar-refractivity contribution is 0.660. The SMILES string of the molecule is Cc1c(C#N)ccc2c1CC[C@@H]2NCl. The van der Waals surface area contributed by atoms with Crippen molar-refractivity contribution in [3.05, 3.63) is 34.4 Å². The Labute approximate surface area is 88.6 Å². The van der Waals surface area contributed by atoms with Crippen molar-refractivity contribution in [1.82, 2.24) is 4.84 Å². The van der Waals surface area contributed by atoms with E-state index >= 15 is 0 Å². The number of nitriles is 1. The quantitative estimate of drug-likeness (QED) is 0.717. The number of hydrogen-bond donors (Lipinski definition) is 1. The van der Waals surface area contributed by atoms with Gasteiger partial charge < -0.3 is 0 Å². The van der Waals surface area contributed by atoms with Crippen LogP contribution in [0.25, 0.3) is 0 Å². The summed E-state index contributed by atoms with van der Waals surface area (Å²) in [7, 11) is 0. The fraction of sp³-hybridized carbons (Fsp3) is 0.364. The van der Waals surface area contributed by atoms with Crippen LogP contribution in [0.5, 0.6) is 0 Å². The molecule has 0 fully saturated rings. The lowest BCUT2D eigenvalue weighted by atomic mass is 9.99. The molecule has 0 aliphatic heterocycles. The lowest BCUT2D eigenvalue weighted by Crippen LogP contribution is -2.07.